The molecule has 2 rings (SSSR count). The molecule has 148 valence electrons. The van der Waals surface area contributed by atoms with Gasteiger partial charge in [0.2, 0.25) is 11.8 Å². The molecule has 0 aliphatic rings. The van der Waals surface area contributed by atoms with Crippen molar-refractivity contribution in [1.82, 2.24) is 10.6 Å². The maximum Gasteiger partial charge on any atom is 0.251 e. The second-order valence-electron chi connectivity index (χ2n) is 6.39. The molecule has 0 fully saturated rings. The van der Waals surface area contributed by atoms with Crippen molar-refractivity contribution in [2.24, 2.45) is 0 Å². The highest BCUT2D eigenvalue weighted by molar-refractivity contribution is 6.30. The molecular weight excluding hydrogens is 378 g/mol. The lowest BCUT2D eigenvalue weighted by Gasteiger charge is -2.18. The highest BCUT2D eigenvalue weighted by Gasteiger charge is 2.17. The van der Waals surface area contributed by atoms with E-state index in [2.05, 4.69) is 16.0 Å². The standard InChI is InChI=1S/C21H24ClN3O3/c1-3-11-23-21(28)16-5-4-6-18(12-16)25-20(27)13-19(24-14(2)26)15-7-9-17(22)10-8-15/h4-10,12,19H,3,11,13H2,1-2H3,(H,23,28)(H,24,26)(H,25,27). The number of benzene rings is 2. The van der Waals surface area contributed by atoms with Gasteiger partial charge in [-0.25, -0.2) is 0 Å². The fraction of sp³-hybridized carbons (Fsp3) is 0.286. The van der Waals surface area contributed by atoms with Crippen LogP contribution in [-0.4, -0.2) is 24.3 Å². The molecule has 0 heterocycles. The lowest BCUT2D eigenvalue weighted by molar-refractivity contribution is -0.120. The smallest absolute Gasteiger partial charge is 0.251 e. The third-order valence-corrected chi connectivity index (χ3v) is 4.24. The Morgan fingerprint density at radius 3 is 2.43 bits per heavy atom. The molecule has 3 N–H and O–H groups in total. The summed E-state index contributed by atoms with van der Waals surface area (Å²) in [6.07, 6.45) is 0.894. The van der Waals surface area contributed by atoms with E-state index in [0.29, 0.717) is 22.8 Å². The predicted molar refractivity (Wildman–Crippen MR) is 110 cm³/mol. The van der Waals surface area contributed by atoms with Crippen molar-refractivity contribution in [2.75, 3.05) is 11.9 Å². The van der Waals surface area contributed by atoms with Crippen LogP contribution in [0.5, 0.6) is 0 Å². The molecule has 0 aromatic heterocycles. The topological polar surface area (TPSA) is 87.3 Å². The van der Waals surface area contributed by atoms with E-state index >= 15 is 0 Å². The van der Waals surface area contributed by atoms with Crippen molar-refractivity contribution in [1.29, 1.82) is 0 Å². The Balaban J connectivity index is 2.07. The van der Waals surface area contributed by atoms with Gasteiger partial charge in [-0.2, -0.15) is 0 Å². The van der Waals surface area contributed by atoms with E-state index in [4.69, 9.17) is 11.6 Å². The summed E-state index contributed by atoms with van der Waals surface area (Å²) in [6, 6.07) is 13.2. The number of halogens is 1. The minimum absolute atomic E-state index is 0.0491. The number of carbonyl (C=O) groups excluding carboxylic acids is 3. The third kappa shape index (κ3) is 6.70. The van der Waals surface area contributed by atoms with Crippen molar-refractivity contribution in [3.8, 4) is 0 Å². The molecular formula is C21H24ClN3O3. The quantitative estimate of drug-likeness (QED) is 0.630. The van der Waals surface area contributed by atoms with Crippen LogP contribution in [0.15, 0.2) is 48.5 Å². The monoisotopic (exact) mass is 401 g/mol. The zero-order chi connectivity index (χ0) is 20.5. The van der Waals surface area contributed by atoms with Crippen LogP contribution in [0.2, 0.25) is 5.02 Å². The van der Waals surface area contributed by atoms with Gasteiger partial charge in [-0.05, 0) is 42.3 Å². The first kappa shape index (κ1) is 21.4. The maximum absolute atomic E-state index is 12.5. The largest absolute Gasteiger partial charge is 0.352 e. The van der Waals surface area contributed by atoms with Gasteiger partial charge in [0.1, 0.15) is 0 Å². The average molecular weight is 402 g/mol. The molecule has 0 aliphatic carbocycles. The van der Waals surface area contributed by atoms with Gasteiger partial charge in [0.15, 0.2) is 0 Å². The Labute approximate surface area is 169 Å². The summed E-state index contributed by atoms with van der Waals surface area (Å²) in [6.45, 7) is 3.97. The third-order valence-electron chi connectivity index (χ3n) is 3.98. The van der Waals surface area contributed by atoms with Crippen molar-refractivity contribution < 1.29 is 14.4 Å². The highest BCUT2D eigenvalue weighted by Crippen LogP contribution is 2.21. The fourth-order valence-electron chi connectivity index (χ4n) is 2.67. The van der Waals surface area contributed by atoms with Gasteiger partial charge in [-0.3, -0.25) is 14.4 Å². The van der Waals surface area contributed by atoms with Crippen molar-refractivity contribution in [3.63, 3.8) is 0 Å². The van der Waals surface area contributed by atoms with E-state index in [1.807, 2.05) is 6.92 Å². The fourth-order valence-corrected chi connectivity index (χ4v) is 2.79. The second-order valence-corrected chi connectivity index (χ2v) is 6.83. The number of carbonyl (C=O) groups is 3. The van der Waals surface area contributed by atoms with Crippen molar-refractivity contribution in [2.45, 2.75) is 32.7 Å². The molecule has 0 radical (unpaired) electrons. The maximum atomic E-state index is 12.5. The first-order chi connectivity index (χ1) is 13.4. The van der Waals surface area contributed by atoms with Gasteiger partial charge in [-0.1, -0.05) is 36.7 Å². The summed E-state index contributed by atoms with van der Waals surface area (Å²) < 4.78 is 0. The van der Waals surface area contributed by atoms with Gasteiger partial charge >= 0.3 is 0 Å². The summed E-state index contributed by atoms with van der Waals surface area (Å²) >= 11 is 5.91. The van der Waals surface area contributed by atoms with E-state index in [1.165, 1.54) is 6.92 Å². The van der Waals surface area contributed by atoms with Crippen molar-refractivity contribution >= 4 is 35.0 Å². The number of rotatable bonds is 8. The first-order valence-electron chi connectivity index (χ1n) is 9.09. The lowest BCUT2D eigenvalue weighted by Crippen LogP contribution is -2.29. The molecule has 0 aliphatic heterocycles. The number of nitrogens with one attached hydrogen (secondary N) is 3. The SMILES string of the molecule is CCCNC(=O)c1cccc(NC(=O)CC(NC(C)=O)c2ccc(Cl)cc2)c1. The molecule has 28 heavy (non-hydrogen) atoms. The molecule has 2 aromatic carbocycles. The van der Waals surface area contributed by atoms with Crippen LogP contribution in [-0.2, 0) is 9.59 Å². The summed E-state index contributed by atoms with van der Waals surface area (Å²) in [4.78, 5) is 36.1. The molecule has 3 amide bonds. The number of hydrogen-bond donors (Lipinski definition) is 3. The summed E-state index contributed by atoms with van der Waals surface area (Å²) in [5, 5.41) is 8.94. The minimum Gasteiger partial charge on any atom is -0.352 e. The van der Waals surface area contributed by atoms with E-state index in [1.54, 1.807) is 48.5 Å². The van der Waals surface area contributed by atoms with E-state index in [9.17, 15) is 14.4 Å². The lowest BCUT2D eigenvalue weighted by atomic mass is 10.0. The Hall–Kier alpha value is -2.86. The number of hydrogen-bond acceptors (Lipinski definition) is 3. The normalized spacial score (nSPS) is 11.4. The summed E-state index contributed by atoms with van der Waals surface area (Å²) in [5.41, 5.74) is 1.77. The van der Waals surface area contributed by atoms with Crippen LogP contribution in [0.1, 0.15) is 48.7 Å². The zero-order valence-corrected chi connectivity index (χ0v) is 16.7. The number of amides is 3. The minimum atomic E-state index is -0.481. The molecule has 6 nitrogen and oxygen atoms in total. The van der Waals surface area contributed by atoms with E-state index < -0.39 is 6.04 Å². The Morgan fingerprint density at radius 1 is 1.07 bits per heavy atom. The van der Waals surface area contributed by atoms with Crippen LogP contribution in [0.3, 0.4) is 0 Å². The molecule has 0 bridgehead atoms. The van der Waals surface area contributed by atoms with Gasteiger partial charge in [0.25, 0.3) is 5.91 Å². The molecule has 2 aromatic rings. The van der Waals surface area contributed by atoms with E-state index in [0.717, 1.165) is 12.0 Å². The molecule has 1 unspecified atom stereocenters. The Morgan fingerprint density at radius 2 is 1.79 bits per heavy atom. The highest BCUT2D eigenvalue weighted by atomic mass is 35.5. The summed E-state index contributed by atoms with van der Waals surface area (Å²) in [7, 11) is 0. The second kappa shape index (κ2) is 10.5. The van der Waals surface area contributed by atoms with Crippen LogP contribution < -0.4 is 16.0 Å². The van der Waals surface area contributed by atoms with Crippen LogP contribution in [0.4, 0.5) is 5.69 Å². The zero-order valence-electron chi connectivity index (χ0n) is 15.9. The van der Waals surface area contributed by atoms with Gasteiger partial charge in [0.05, 0.1) is 12.5 Å². The molecule has 7 heteroatoms. The average Bonchev–Trinajstić information content (AvgIpc) is 2.66. The van der Waals surface area contributed by atoms with Crippen molar-refractivity contribution in [3.05, 3.63) is 64.7 Å². The van der Waals surface area contributed by atoms with Gasteiger partial charge in [0, 0.05) is 29.7 Å². The summed E-state index contributed by atoms with van der Waals surface area (Å²) in [5.74, 6) is -0.697. The Kier molecular flexibility index (Phi) is 8.02. The predicted octanol–water partition coefficient (Wildman–Crippen LogP) is 3.69. The number of anilines is 1. The van der Waals surface area contributed by atoms with Gasteiger partial charge in [-0.15, -0.1) is 0 Å². The van der Waals surface area contributed by atoms with Crippen LogP contribution in [0.25, 0.3) is 0 Å². The molecule has 0 saturated heterocycles. The van der Waals surface area contributed by atoms with Gasteiger partial charge < -0.3 is 16.0 Å². The van der Waals surface area contributed by atoms with Crippen LogP contribution >= 0.6 is 11.6 Å². The Bertz CT molecular complexity index is 837. The molecule has 0 saturated carbocycles. The molecule has 0 spiro atoms. The first-order valence-corrected chi connectivity index (χ1v) is 9.47. The molecule has 1 atom stereocenters. The van der Waals surface area contributed by atoms with E-state index in [-0.39, 0.29) is 24.1 Å². The van der Waals surface area contributed by atoms with Crippen LogP contribution in [0, 0.1) is 0 Å².